The van der Waals surface area contributed by atoms with Crippen molar-refractivity contribution >= 4 is 93.6 Å². The summed E-state index contributed by atoms with van der Waals surface area (Å²) in [5.74, 6) is -5.04. The van der Waals surface area contributed by atoms with E-state index in [2.05, 4.69) is 60.5 Å². The lowest BCUT2D eigenvalue weighted by molar-refractivity contribution is -0.137. The van der Waals surface area contributed by atoms with Crippen molar-refractivity contribution in [2.75, 3.05) is 85.4 Å². The number of hydrogen-bond acceptors (Lipinski definition) is 28. The minimum absolute atomic E-state index is 0.0206. The molecule has 8 aliphatic rings. The molecule has 0 aliphatic carbocycles. The number of piperidine rings is 4. The average Bonchev–Trinajstić information content (AvgIpc) is 0.791. The summed E-state index contributed by atoms with van der Waals surface area (Å²) in [4.78, 5) is 130. The van der Waals surface area contributed by atoms with Gasteiger partial charge in [0.2, 0.25) is 0 Å². The summed E-state index contributed by atoms with van der Waals surface area (Å²) < 4.78 is 21.9. The summed E-state index contributed by atoms with van der Waals surface area (Å²) in [5, 5.41) is 98.4. The number of phenols is 8. The molecule has 0 aromatic heterocycles. The Morgan fingerprint density at radius 3 is 0.912 bits per heavy atom. The van der Waals surface area contributed by atoms with E-state index in [1.165, 1.54) is 12.1 Å². The smallest absolute Gasteiger partial charge is 0.342 e. The van der Waals surface area contributed by atoms with Crippen molar-refractivity contribution in [3.05, 3.63) is 188 Å². The summed E-state index contributed by atoms with van der Waals surface area (Å²) >= 11 is 12.7. The molecule has 7 atom stereocenters. The Balaban J connectivity index is 0.000000205. The molecule has 0 bridgehead atoms. The first-order chi connectivity index (χ1) is 65.8. The second-order valence-corrected chi connectivity index (χ2v) is 36.3. The molecule has 137 heavy (non-hydrogen) atoms. The summed E-state index contributed by atoms with van der Waals surface area (Å²) in [5.41, 5.74) is 2.36. The molecule has 8 heterocycles. The monoisotopic (exact) mass is 1930 g/mol. The highest BCUT2D eigenvalue weighted by Crippen LogP contribution is 2.41. The molecule has 4 aromatic carbocycles. The maximum Gasteiger partial charge on any atom is 0.342 e. The van der Waals surface area contributed by atoms with Crippen molar-refractivity contribution in [3.8, 4) is 46.0 Å². The zero-order chi connectivity index (χ0) is 98.9. The van der Waals surface area contributed by atoms with Crippen LogP contribution in [0.3, 0.4) is 0 Å². The Labute approximate surface area is 810 Å². The highest BCUT2D eigenvalue weighted by atomic mass is 35.5. The number of halogens is 2. The van der Waals surface area contributed by atoms with Gasteiger partial charge in [-0.05, 0) is 212 Å². The number of esters is 4. The van der Waals surface area contributed by atoms with Gasteiger partial charge in [-0.2, -0.15) is 0 Å². The third kappa shape index (κ3) is 35.8. The molecule has 4 aromatic rings. The van der Waals surface area contributed by atoms with Crippen molar-refractivity contribution < 1.29 is 118 Å². The second kappa shape index (κ2) is 56.2. The lowest BCUT2D eigenvalue weighted by Crippen LogP contribution is -2.37. The van der Waals surface area contributed by atoms with Gasteiger partial charge in [0.25, 0.3) is 23.6 Å². The number of benzene rings is 4. The molecule has 8 N–H and O–H groups in total. The number of nitrogens with zero attached hydrogens (tertiary/aromatic N) is 8. The van der Waals surface area contributed by atoms with Gasteiger partial charge in [0.05, 0.1) is 39.5 Å². The van der Waals surface area contributed by atoms with E-state index in [1.807, 2.05) is 60.8 Å². The largest absolute Gasteiger partial charge is 0.508 e. The third-order valence-electron chi connectivity index (χ3n) is 23.6. The van der Waals surface area contributed by atoms with Crippen LogP contribution in [-0.4, -0.2) is 235 Å². The van der Waals surface area contributed by atoms with Gasteiger partial charge in [0, 0.05) is 122 Å². The maximum atomic E-state index is 12.9. The fraction of sp³-hybridized carbons (Fsp3) is 0.495. The normalized spacial score (nSPS) is 24.4. The fourth-order valence-electron chi connectivity index (χ4n) is 16.1. The quantitative estimate of drug-likeness (QED) is 0.0283. The Morgan fingerprint density at radius 1 is 0.336 bits per heavy atom. The van der Waals surface area contributed by atoms with Gasteiger partial charge in [-0.3, -0.25) is 19.2 Å². The third-order valence-corrected chi connectivity index (χ3v) is 24.4. The SMILES string of the molecule is CC1/C=C/CCOC(=O)c2c(O)cc(O)cc2CC(=N/OCC(=O)N2CCCCC2)/C=C/C1.CC1/C=C/C[C@@H](C)OC(=O)c2c(O)cc(O)c(Cl)c2CC(=N/OCC(=O)N2CCCCC2)/C=C/C1.CC1/C=C/C[C@@H](C)OC(=O)c2c(O)cc(O)c(Cl)c2CC(=N\OCC(=O)N2CCCCC2)/C=C/C1.CC1/C=C/C[C@@H](C)OC(=O)c2c(O)cc(O)cc2CC(=N\OCC(=O)N2CCCCC2)/C=C/C1. The lowest BCUT2D eigenvalue weighted by atomic mass is 9.98. The number of carbonyl (C=O) groups excluding carboxylic acids is 8. The van der Waals surface area contributed by atoms with Crippen molar-refractivity contribution in [1.29, 1.82) is 0 Å². The van der Waals surface area contributed by atoms with E-state index in [9.17, 15) is 79.2 Å². The average molecular weight is 1940 g/mol. The van der Waals surface area contributed by atoms with E-state index < -0.39 is 47.6 Å². The predicted molar refractivity (Wildman–Crippen MR) is 521 cm³/mol. The highest BCUT2D eigenvalue weighted by Gasteiger charge is 2.32. The van der Waals surface area contributed by atoms with Crippen LogP contribution < -0.4 is 0 Å². The van der Waals surface area contributed by atoms with Gasteiger partial charge in [-0.15, -0.1) is 0 Å². The minimum Gasteiger partial charge on any atom is -0.508 e. The molecule has 4 unspecified atom stereocenters. The van der Waals surface area contributed by atoms with Crippen molar-refractivity contribution in [1.82, 2.24) is 19.6 Å². The maximum absolute atomic E-state index is 12.9. The predicted octanol–water partition coefficient (Wildman–Crippen LogP) is 17.4. The fourth-order valence-corrected chi connectivity index (χ4v) is 16.5. The number of aromatic hydroxyl groups is 8. The lowest BCUT2D eigenvalue weighted by Gasteiger charge is -2.26. The zero-order valence-electron chi connectivity index (χ0n) is 79.3. The molecule has 8 aliphatic heterocycles. The Hall–Kier alpha value is -12.6. The molecule has 4 amide bonds. The van der Waals surface area contributed by atoms with E-state index in [0.717, 1.165) is 153 Å². The van der Waals surface area contributed by atoms with Crippen LogP contribution in [-0.2, 0) is 83.2 Å². The Morgan fingerprint density at radius 2 is 0.606 bits per heavy atom. The Kier molecular flexibility index (Phi) is 44.3. The van der Waals surface area contributed by atoms with Gasteiger partial charge < -0.3 is 98.7 Å². The summed E-state index contributed by atoms with van der Waals surface area (Å²) in [6.07, 6.45) is 47.3. The molecular formula is C103H132Cl2N8O24. The van der Waals surface area contributed by atoms with Gasteiger partial charge in [0.1, 0.15) is 86.6 Å². The first-order valence-corrected chi connectivity index (χ1v) is 48.1. The second-order valence-electron chi connectivity index (χ2n) is 35.5. The van der Waals surface area contributed by atoms with Crippen LogP contribution in [0.25, 0.3) is 0 Å². The standard InChI is InChI=1S/2C26H33ClN2O6.C26H34N2O6.C25H32N2O6/c2*1-17-8-6-10-18(2)35-26(33)24-20(25(27)22(31)15-21(24)30)14-19(11-7-9-17)28-34-16-23(32)29-12-4-3-5-13-29;1-18-8-6-10-19(2)34-26(32)25-20(15-22(29)16-23(25)30)14-21(11-7-9-18)27-33-17-24(31)28-12-4-3-5-13-28;1-18-8-3-6-13-32-25(31)24-19(15-21(28)16-22(24)29)14-20(10-7-9-18)26-33-17-23(30)27-11-4-2-5-12-27/h2*6-8,11,15,17-18,30-31H,3-5,9-10,12-14,16H2,1-2H3;6-8,11,15-16,18-19,29-30H,3-5,9-10,12-14,17H2,1-2H3;3,7-8,10,15-16,18,28-29H,2,4-6,9,11-14,17H2,1H3/b8-6+,11-7+,28-19+;8-6+,11-7+,28-19-;8-6+,11-7+,27-21-;8-3+,10-7+,26-20+/t2*17?,18-;18?,19-;/m111./s1. The van der Waals surface area contributed by atoms with E-state index in [4.69, 9.17) is 61.5 Å². The van der Waals surface area contributed by atoms with Crippen LogP contribution in [0.5, 0.6) is 46.0 Å². The molecule has 4 fully saturated rings. The number of rotatable bonds is 12. The number of ether oxygens (including phenoxy) is 4. The van der Waals surface area contributed by atoms with Gasteiger partial charge >= 0.3 is 23.9 Å². The molecule has 32 nitrogen and oxygen atoms in total. The first-order valence-electron chi connectivity index (χ1n) is 47.3. The number of oxime groups is 4. The minimum atomic E-state index is -0.755. The molecular weight excluding hydrogens is 1800 g/mol. The van der Waals surface area contributed by atoms with Crippen molar-refractivity contribution in [2.45, 2.75) is 221 Å². The van der Waals surface area contributed by atoms with Crippen LogP contribution in [0.15, 0.2) is 154 Å². The van der Waals surface area contributed by atoms with Crippen LogP contribution in [0.1, 0.15) is 241 Å². The number of cyclic esters (lactones) is 4. The van der Waals surface area contributed by atoms with Crippen LogP contribution in [0, 0.1) is 23.7 Å². The van der Waals surface area contributed by atoms with E-state index in [-0.39, 0.29) is 190 Å². The van der Waals surface area contributed by atoms with E-state index in [0.29, 0.717) is 85.8 Å². The van der Waals surface area contributed by atoms with E-state index in [1.54, 1.807) is 64.7 Å². The number of likely N-dealkylation sites (tertiary alicyclic amines) is 4. The first kappa shape index (κ1) is 108. The van der Waals surface area contributed by atoms with Gasteiger partial charge in [-0.1, -0.05) is 144 Å². The molecule has 4 saturated heterocycles. The van der Waals surface area contributed by atoms with Gasteiger partial charge in [0.15, 0.2) is 26.4 Å². The van der Waals surface area contributed by atoms with Crippen LogP contribution in [0.2, 0.25) is 10.0 Å². The summed E-state index contributed by atoms with van der Waals surface area (Å²) in [6.45, 7) is 18.8. The number of hydrogen-bond donors (Lipinski definition) is 8. The zero-order valence-corrected chi connectivity index (χ0v) is 80.9. The van der Waals surface area contributed by atoms with E-state index >= 15 is 0 Å². The number of phenolic OH excluding ortho intramolecular Hbond substituents is 8. The molecule has 742 valence electrons. The number of fused-ring (bicyclic) bond motifs is 4. The summed E-state index contributed by atoms with van der Waals surface area (Å²) in [7, 11) is 0. The number of amides is 4. The molecule has 12 rings (SSSR count). The highest BCUT2D eigenvalue weighted by molar-refractivity contribution is 6.34. The van der Waals surface area contributed by atoms with Crippen molar-refractivity contribution in [2.24, 2.45) is 44.3 Å². The van der Waals surface area contributed by atoms with Crippen LogP contribution in [0.4, 0.5) is 0 Å². The molecule has 0 spiro atoms. The van der Waals surface area contributed by atoms with Crippen LogP contribution >= 0.6 is 23.2 Å². The number of carbonyl (C=O) groups is 8. The topological polar surface area (TPSA) is 435 Å². The van der Waals surface area contributed by atoms with Gasteiger partial charge in [-0.25, -0.2) is 19.2 Å². The molecule has 0 radical (unpaired) electrons. The Bertz CT molecular complexity index is 5020. The molecule has 0 saturated carbocycles. The number of allylic oxidation sites excluding steroid dienone is 12. The summed E-state index contributed by atoms with van der Waals surface area (Å²) in [6, 6.07) is 7.03. The van der Waals surface area contributed by atoms with Crippen molar-refractivity contribution in [3.63, 3.8) is 0 Å². The molecule has 34 heteroatoms.